The molecule has 0 spiro atoms. The number of imide groups is 1. The molecular formula is C11H18N4O3. The minimum atomic E-state index is -0.391. The Balaban J connectivity index is 1.64. The van der Waals surface area contributed by atoms with Gasteiger partial charge < -0.3 is 16.0 Å². The summed E-state index contributed by atoms with van der Waals surface area (Å²) in [6, 6.07) is -0.353. The van der Waals surface area contributed by atoms with Gasteiger partial charge in [-0.15, -0.1) is 0 Å². The smallest absolute Gasteiger partial charge is 0.324 e. The Morgan fingerprint density at radius 3 is 2.67 bits per heavy atom. The molecule has 1 aliphatic carbocycles. The summed E-state index contributed by atoms with van der Waals surface area (Å²) in [6.07, 6.45) is 4.38. The van der Waals surface area contributed by atoms with E-state index in [0.717, 1.165) is 30.6 Å². The fourth-order valence-corrected chi connectivity index (χ4v) is 2.27. The summed E-state index contributed by atoms with van der Waals surface area (Å²) in [7, 11) is 0. The standard InChI is InChI=1S/C11H18N4O3/c16-9-7-13-11(18)15(9)6-5-12-10(17)14-8-3-1-2-4-8/h8H,1-7H2,(H,13,18)(H2,12,14,17). The molecule has 0 atom stereocenters. The zero-order valence-corrected chi connectivity index (χ0v) is 10.2. The Kier molecular flexibility index (Phi) is 4.01. The van der Waals surface area contributed by atoms with E-state index in [9.17, 15) is 14.4 Å². The van der Waals surface area contributed by atoms with E-state index in [-0.39, 0.29) is 37.6 Å². The number of carbonyl (C=O) groups excluding carboxylic acids is 3. The molecule has 2 fully saturated rings. The van der Waals surface area contributed by atoms with Crippen molar-refractivity contribution in [1.29, 1.82) is 0 Å². The molecule has 0 aromatic heterocycles. The third kappa shape index (κ3) is 3.12. The van der Waals surface area contributed by atoms with Gasteiger partial charge in [-0.05, 0) is 12.8 Å². The van der Waals surface area contributed by atoms with Gasteiger partial charge in [0.15, 0.2) is 0 Å². The molecule has 2 aliphatic rings. The molecule has 100 valence electrons. The van der Waals surface area contributed by atoms with Gasteiger partial charge in [-0.3, -0.25) is 9.69 Å². The topological polar surface area (TPSA) is 90.5 Å². The van der Waals surface area contributed by atoms with Crippen LogP contribution in [0.15, 0.2) is 0 Å². The monoisotopic (exact) mass is 254 g/mol. The van der Waals surface area contributed by atoms with Gasteiger partial charge in [-0.2, -0.15) is 0 Å². The average molecular weight is 254 g/mol. The molecule has 2 rings (SSSR count). The fourth-order valence-electron chi connectivity index (χ4n) is 2.27. The van der Waals surface area contributed by atoms with Crippen LogP contribution in [0, 0.1) is 0 Å². The van der Waals surface area contributed by atoms with Crippen molar-refractivity contribution in [1.82, 2.24) is 20.9 Å². The molecule has 18 heavy (non-hydrogen) atoms. The second kappa shape index (κ2) is 5.70. The molecule has 1 aliphatic heterocycles. The van der Waals surface area contributed by atoms with Crippen LogP contribution in [0.5, 0.6) is 0 Å². The minimum absolute atomic E-state index is 0.0487. The summed E-state index contributed by atoms with van der Waals surface area (Å²) in [5.41, 5.74) is 0. The third-order valence-corrected chi connectivity index (χ3v) is 3.25. The number of carbonyl (C=O) groups is 3. The summed E-state index contributed by atoms with van der Waals surface area (Å²) < 4.78 is 0. The van der Waals surface area contributed by atoms with E-state index in [2.05, 4.69) is 16.0 Å². The quantitative estimate of drug-likeness (QED) is 0.606. The van der Waals surface area contributed by atoms with Crippen molar-refractivity contribution in [3.05, 3.63) is 0 Å². The molecule has 0 unspecified atom stereocenters. The third-order valence-electron chi connectivity index (χ3n) is 3.25. The van der Waals surface area contributed by atoms with E-state index in [4.69, 9.17) is 0 Å². The molecule has 0 bridgehead atoms. The second-order valence-corrected chi connectivity index (χ2v) is 4.59. The molecule has 5 amide bonds. The molecular weight excluding hydrogens is 236 g/mol. The highest BCUT2D eigenvalue weighted by Gasteiger charge is 2.27. The first-order valence-electron chi connectivity index (χ1n) is 6.29. The molecule has 7 heteroatoms. The van der Waals surface area contributed by atoms with Crippen LogP contribution >= 0.6 is 0 Å². The van der Waals surface area contributed by atoms with Gasteiger partial charge in [-0.1, -0.05) is 12.8 Å². The molecule has 1 saturated heterocycles. The number of nitrogens with one attached hydrogen (secondary N) is 3. The number of hydrogen-bond acceptors (Lipinski definition) is 3. The van der Waals surface area contributed by atoms with E-state index < -0.39 is 6.03 Å². The van der Waals surface area contributed by atoms with Gasteiger partial charge >= 0.3 is 12.1 Å². The first-order valence-corrected chi connectivity index (χ1v) is 6.29. The molecule has 1 heterocycles. The van der Waals surface area contributed by atoms with Gasteiger partial charge in [-0.25, -0.2) is 9.59 Å². The minimum Gasteiger partial charge on any atom is -0.336 e. The first-order chi connectivity index (χ1) is 8.66. The largest absolute Gasteiger partial charge is 0.336 e. The zero-order chi connectivity index (χ0) is 13.0. The lowest BCUT2D eigenvalue weighted by atomic mass is 10.2. The number of urea groups is 2. The molecule has 0 radical (unpaired) electrons. The highest BCUT2D eigenvalue weighted by Crippen LogP contribution is 2.17. The maximum atomic E-state index is 11.5. The van der Waals surface area contributed by atoms with Crippen LogP contribution in [-0.4, -0.2) is 48.5 Å². The molecule has 0 aromatic carbocycles. The van der Waals surface area contributed by atoms with Crippen LogP contribution in [0.4, 0.5) is 9.59 Å². The lowest BCUT2D eigenvalue weighted by Crippen LogP contribution is -2.44. The van der Waals surface area contributed by atoms with Crippen molar-refractivity contribution < 1.29 is 14.4 Å². The van der Waals surface area contributed by atoms with Crippen molar-refractivity contribution in [3.8, 4) is 0 Å². The number of nitrogens with zero attached hydrogens (tertiary/aromatic N) is 1. The summed E-state index contributed by atoms with van der Waals surface area (Å²) in [4.78, 5) is 35.1. The van der Waals surface area contributed by atoms with E-state index in [1.54, 1.807) is 0 Å². The van der Waals surface area contributed by atoms with Gasteiger partial charge in [0, 0.05) is 19.1 Å². The summed E-state index contributed by atoms with van der Waals surface area (Å²) in [5.74, 6) is -0.252. The van der Waals surface area contributed by atoms with Gasteiger partial charge in [0.05, 0.1) is 6.54 Å². The zero-order valence-electron chi connectivity index (χ0n) is 10.2. The van der Waals surface area contributed by atoms with Crippen LogP contribution < -0.4 is 16.0 Å². The van der Waals surface area contributed by atoms with E-state index in [0.29, 0.717) is 0 Å². The Morgan fingerprint density at radius 2 is 2.06 bits per heavy atom. The lowest BCUT2D eigenvalue weighted by molar-refractivity contribution is -0.124. The number of hydrogen-bond donors (Lipinski definition) is 3. The predicted molar refractivity (Wildman–Crippen MR) is 63.9 cm³/mol. The first kappa shape index (κ1) is 12.7. The van der Waals surface area contributed by atoms with Crippen LogP contribution in [0.3, 0.4) is 0 Å². The van der Waals surface area contributed by atoms with E-state index in [1.807, 2.05) is 0 Å². The highest BCUT2D eigenvalue weighted by atomic mass is 16.2. The van der Waals surface area contributed by atoms with Crippen LogP contribution in [0.1, 0.15) is 25.7 Å². The highest BCUT2D eigenvalue weighted by molar-refractivity contribution is 6.01. The maximum Gasteiger partial charge on any atom is 0.324 e. The average Bonchev–Trinajstić information content (AvgIpc) is 2.93. The normalized spacial score (nSPS) is 20.1. The van der Waals surface area contributed by atoms with Gasteiger partial charge in [0.25, 0.3) is 0 Å². The molecule has 1 saturated carbocycles. The Labute approximate surface area is 105 Å². The van der Waals surface area contributed by atoms with Crippen molar-refractivity contribution >= 4 is 18.0 Å². The van der Waals surface area contributed by atoms with Crippen molar-refractivity contribution in [3.63, 3.8) is 0 Å². The Morgan fingerprint density at radius 1 is 1.33 bits per heavy atom. The Bertz CT molecular complexity index is 336. The van der Waals surface area contributed by atoms with Crippen molar-refractivity contribution in [2.75, 3.05) is 19.6 Å². The number of amides is 5. The van der Waals surface area contributed by atoms with E-state index in [1.165, 1.54) is 0 Å². The summed E-state index contributed by atoms with van der Waals surface area (Å²) in [6.45, 7) is 0.535. The Hall–Kier alpha value is -1.79. The van der Waals surface area contributed by atoms with E-state index >= 15 is 0 Å². The van der Waals surface area contributed by atoms with Crippen LogP contribution in [-0.2, 0) is 4.79 Å². The van der Waals surface area contributed by atoms with Crippen molar-refractivity contribution in [2.24, 2.45) is 0 Å². The predicted octanol–water partition coefficient (Wildman–Crippen LogP) is -0.220. The van der Waals surface area contributed by atoms with Crippen LogP contribution in [0.25, 0.3) is 0 Å². The van der Waals surface area contributed by atoms with Gasteiger partial charge in [0.1, 0.15) is 0 Å². The molecule has 7 nitrogen and oxygen atoms in total. The fraction of sp³-hybridized carbons (Fsp3) is 0.727. The molecule has 3 N–H and O–H groups in total. The summed E-state index contributed by atoms with van der Waals surface area (Å²) >= 11 is 0. The molecule has 0 aromatic rings. The number of rotatable bonds is 4. The van der Waals surface area contributed by atoms with Gasteiger partial charge in [0.2, 0.25) is 5.91 Å². The van der Waals surface area contributed by atoms with Crippen LogP contribution in [0.2, 0.25) is 0 Å². The maximum absolute atomic E-state index is 11.5. The second-order valence-electron chi connectivity index (χ2n) is 4.59. The lowest BCUT2D eigenvalue weighted by Gasteiger charge is -2.15. The van der Waals surface area contributed by atoms with Crippen molar-refractivity contribution in [2.45, 2.75) is 31.7 Å². The SMILES string of the molecule is O=C(NCCN1C(=O)CNC1=O)NC1CCCC1. The summed E-state index contributed by atoms with van der Waals surface area (Å²) in [5, 5.41) is 7.95.